The molecule has 4 saturated heterocycles. The lowest BCUT2D eigenvalue weighted by Crippen LogP contribution is -2.68. The van der Waals surface area contributed by atoms with Gasteiger partial charge in [0.2, 0.25) is 0 Å². The molecule has 36 heavy (non-hydrogen) atoms. The molecule has 0 amide bonds. The Bertz CT molecular complexity index is 1230. The van der Waals surface area contributed by atoms with Crippen LogP contribution in [0, 0.1) is 11.3 Å². The molecule has 2 atom stereocenters. The molecule has 0 spiro atoms. The largest absolute Gasteiger partial charge is 0.491 e. The fraction of sp³-hybridized carbons (Fsp3) is 0.519. The van der Waals surface area contributed by atoms with Crippen LogP contribution in [0.15, 0.2) is 36.8 Å². The van der Waals surface area contributed by atoms with E-state index in [9.17, 15) is 5.26 Å². The minimum Gasteiger partial charge on any atom is -0.491 e. The number of hydrogen-bond donors (Lipinski definition) is 0. The van der Waals surface area contributed by atoms with Gasteiger partial charge in [-0.15, -0.1) is 0 Å². The van der Waals surface area contributed by atoms with Gasteiger partial charge in [-0.3, -0.25) is 9.80 Å². The molecular formula is C27H33N7O2. The molecule has 3 aromatic rings. The second-order valence-electron chi connectivity index (χ2n) is 9.95. The second-order valence-corrected chi connectivity index (χ2v) is 9.95. The minimum absolute atomic E-state index is 0.543. The Kier molecular flexibility index (Phi) is 6.48. The van der Waals surface area contributed by atoms with Gasteiger partial charge in [0.05, 0.1) is 36.7 Å². The first kappa shape index (κ1) is 23.2. The van der Waals surface area contributed by atoms with E-state index in [2.05, 4.69) is 44.9 Å². The molecule has 0 radical (unpaired) electrons. The van der Waals surface area contributed by atoms with E-state index in [0.29, 0.717) is 24.3 Å². The van der Waals surface area contributed by atoms with E-state index in [4.69, 9.17) is 14.5 Å². The van der Waals surface area contributed by atoms with Crippen LogP contribution >= 0.6 is 0 Å². The molecule has 9 nitrogen and oxygen atoms in total. The lowest BCUT2D eigenvalue weighted by Gasteiger charge is -2.56. The second kappa shape index (κ2) is 10.1. The van der Waals surface area contributed by atoms with Crippen molar-refractivity contribution in [3.05, 3.63) is 42.4 Å². The van der Waals surface area contributed by atoms with E-state index >= 15 is 0 Å². The van der Waals surface area contributed by atoms with Crippen LogP contribution in [0.5, 0.6) is 5.75 Å². The van der Waals surface area contributed by atoms with Crippen molar-refractivity contribution in [2.45, 2.75) is 31.8 Å². The van der Waals surface area contributed by atoms with E-state index in [-0.39, 0.29) is 0 Å². The molecule has 0 saturated carbocycles. The van der Waals surface area contributed by atoms with Crippen LogP contribution in [0.3, 0.4) is 0 Å². The zero-order chi connectivity index (χ0) is 24.5. The zero-order valence-electron chi connectivity index (χ0n) is 20.8. The van der Waals surface area contributed by atoms with Crippen molar-refractivity contribution in [2.24, 2.45) is 0 Å². The monoisotopic (exact) mass is 487 g/mol. The van der Waals surface area contributed by atoms with Crippen molar-refractivity contribution in [1.82, 2.24) is 24.4 Å². The number of ether oxygens (including phenoxy) is 2. The van der Waals surface area contributed by atoms with Crippen molar-refractivity contribution in [3.63, 3.8) is 0 Å². The number of morpholine rings is 1. The summed E-state index contributed by atoms with van der Waals surface area (Å²) in [6, 6.07) is 9.80. The third-order valence-electron chi connectivity index (χ3n) is 7.70. The first-order valence-electron chi connectivity index (χ1n) is 13.0. The van der Waals surface area contributed by atoms with E-state index in [1.54, 1.807) is 10.7 Å². The Morgan fingerprint density at radius 2 is 1.97 bits per heavy atom. The lowest BCUT2D eigenvalue weighted by atomic mass is 9.87. The number of hydrogen-bond acceptors (Lipinski definition) is 8. The number of piperazine rings is 1. The Labute approximate surface area is 211 Å². The van der Waals surface area contributed by atoms with Gasteiger partial charge in [0.25, 0.3) is 0 Å². The van der Waals surface area contributed by atoms with Gasteiger partial charge in [-0.05, 0) is 37.6 Å². The average Bonchev–Trinajstić information content (AvgIpc) is 3.35. The Morgan fingerprint density at radius 3 is 2.69 bits per heavy atom. The molecule has 4 fully saturated rings. The van der Waals surface area contributed by atoms with Crippen LogP contribution in [0.25, 0.3) is 16.6 Å². The van der Waals surface area contributed by atoms with E-state index < -0.39 is 0 Å². The number of nitriles is 1. The molecular weight excluding hydrogens is 454 g/mol. The van der Waals surface area contributed by atoms with Crippen LogP contribution in [-0.2, 0) is 4.74 Å². The van der Waals surface area contributed by atoms with Crippen molar-refractivity contribution >= 4 is 11.3 Å². The third-order valence-corrected chi connectivity index (χ3v) is 7.70. The molecule has 7 heterocycles. The summed E-state index contributed by atoms with van der Waals surface area (Å²) in [4.78, 5) is 12.2. The van der Waals surface area contributed by atoms with Crippen molar-refractivity contribution < 1.29 is 9.47 Å². The molecule has 4 aliphatic heterocycles. The quantitative estimate of drug-likeness (QED) is 0.480. The predicted octanol–water partition coefficient (Wildman–Crippen LogP) is 2.65. The van der Waals surface area contributed by atoms with E-state index in [1.165, 1.54) is 19.4 Å². The highest BCUT2D eigenvalue weighted by Crippen LogP contribution is 2.35. The molecule has 9 heteroatoms. The van der Waals surface area contributed by atoms with Crippen LogP contribution in [0.2, 0.25) is 0 Å². The molecule has 2 unspecified atom stereocenters. The maximum atomic E-state index is 9.68. The summed E-state index contributed by atoms with van der Waals surface area (Å²) in [5.41, 5.74) is 3.18. The zero-order valence-corrected chi connectivity index (χ0v) is 20.8. The van der Waals surface area contributed by atoms with Crippen molar-refractivity contribution in [2.75, 3.05) is 64.0 Å². The van der Waals surface area contributed by atoms with Gasteiger partial charge in [0.15, 0.2) is 0 Å². The van der Waals surface area contributed by atoms with Gasteiger partial charge in [0.1, 0.15) is 24.2 Å². The summed E-state index contributed by atoms with van der Waals surface area (Å²) in [5.74, 6) is 1.75. The van der Waals surface area contributed by atoms with Crippen molar-refractivity contribution in [3.8, 4) is 22.9 Å². The minimum atomic E-state index is 0.543. The maximum absolute atomic E-state index is 9.68. The molecule has 3 aromatic heterocycles. The van der Waals surface area contributed by atoms with Gasteiger partial charge >= 0.3 is 0 Å². The molecule has 188 valence electrons. The van der Waals surface area contributed by atoms with Gasteiger partial charge in [-0.1, -0.05) is 6.92 Å². The molecule has 0 aliphatic carbocycles. The predicted molar refractivity (Wildman–Crippen MR) is 137 cm³/mol. The highest BCUT2D eigenvalue weighted by Gasteiger charge is 2.44. The third kappa shape index (κ3) is 4.41. The van der Waals surface area contributed by atoms with E-state index in [0.717, 1.165) is 74.1 Å². The number of nitrogens with zero attached hydrogens (tertiary/aromatic N) is 7. The number of anilines is 1. The maximum Gasteiger partial charge on any atom is 0.138 e. The molecule has 7 rings (SSSR count). The molecule has 2 bridgehead atoms. The molecule has 0 aromatic carbocycles. The van der Waals surface area contributed by atoms with E-state index in [1.807, 2.05) is 18.5 Å². The summed E-state index contributed by atoms with van der Waals surface area (Å²) in [6.07, 6.45) is 7.90. The summed E-state index contributed by atoms with van der Waals surface area (Å²) >= 11 is 0. The molecule has 4 aliphatic rings. The van der Waals surface area contributed by atoms with Gasteiger partial charge in [-0.25, -0.2) is 9.50 Å². The summed E-state index contributed by atoms with van der Waals surface area (Å²) in [7, 11) is 0. The fourth-order valence-corrected chi connectivity index (χ4v) is 5.83. The topological polar surface area (TPSA) is 82.2 Å². The summed E-state index contributed by atoms with van der Waals surface area (Å²) in [5, 5.41) is 14.1. The highest BCUT2D eigenvalue weighted by molar-refractivity contribution is 5.85. The number of pyridine rings is 2. The fourth-order valence-electron chi connectivity index (χ4n) is 5.83. The van der Waals surface area contributed by atoms with Crippen molar-refractivity contribution in [1.29, 1.82) is 5.26 Å². The normalized spacial score (nSPS) is 22.4. The number of fused-ring (bicyclic) bond motifs is 3. The van der Waals surface area contributed by atoms with Crippen LogP contribution < -0.4 is 9.64 Å². The summed E-state index contributed by atoms with van der Waals surface area (Å²) < 4.78 is 13.3. The number of aromatic nitrogens is 3. The highest BCUT2D eigenvalue weighted by atomic mass is 16.5. The van der Waals surface area contributed by atoms with Gasteiger partial charge in [0, 0.05) is 62.1 Å². The Balaban J connectivity index is 1.21. The first-order chi connectivity index (χ1) is 17.7. The van der Waals surface area contributed by atoms with Crippen LogP contribution in [0.4, 0.5) is 5.82 Å². The van der Waals surface area contributed by atoms with Crippen LogP contribution in [0.1, 0.15) is 25.3 Å². The lowest BCUT2D eigenvalue weighted by molar-refractivity contribution is -0.000558. The summed E-state index contributed by atoms with van der Waals surface area (Å²) in [6.45, 7) is 10.4. The standard InChI is InChI=1S/C27H33N7O2/c1-2-5-33-22-12-23(33)18-32(17-22)26-4-3-20(15-29-26)25-13-24(19-34-27(25)21(14-28)16-30-34)36-11-8-31-6-9-35-10-7-31/h3-4,13,15-16,19,22-23H,2,5-12,17-18H2,1H3. The average molecular weight is 488 g/mol. The van der Waals surface area contributed by atoms with Gasteiger partial charge in [-0.2, -0.15) is 10.4 Å². The number of rotatable bonds is 8. The SMILES string of the molecule is CCCN1C2CC1CN(c1ccc(-c3cc(OCCN4CCOCC4)cn4ncc(C#N)c34)cn1)C2. The number of piperidine rings is 1. The van der Waals surface area contributed by atoms with Crippen LogP contribution in [-0.4, -0.2) is 95.6 Å². The molecule has 0 N–H and O–H groups in total. The Hall–Kier alpha value is -3.19. The first-order valence-corrected chi connectivity index (χ1v) is 13.0. The smallest absolute Gasteiger partial charge is 0.138 e. The Morgan fingerprint density at radius 1 is 1.14 bits per heavy atom. The van der Waals surface area contributed by atoms with Gasteiger partial charge < -0.3 is 14.4 Å².